The zero-order valence-corrected chi connectivity index (χ0v) is 11.9. The van der Waals surface area contributed by atoms with E-state index in [0.29, 0.717) is 12.5 Å². The Balaban J connectivity index is 1.50. The molecule has 0 spiro atoms. The van der Waals surface area contributed by atoms with E-state index in [2.05, 4.69) is 53.8 Å². The SMILES string of the molecule is COCc1cccc(CNCC2Cc3ccccc32)c1. The van der Waals surface area contributed by atoms with Crippen molar-refractivity contribution in [2.24, 2.45) is 0 Å². The van der Waals surface area contributed by atoms with Crippen LogP contribution in [0.1, 0.15) is 28.2 Å². The van der Waals surface area contributed by atoms with Crippen LogP contribution in [-0.2, 0) is 24.3 Å². The normalized spacial score (nSPS) is 16.6. The first-order valence-corrected chi connectivity index (χ1v) is 7.22. The van der Waals surface area contributed by atoms with Gasteiger partial charge in [0.15, 0.2) is 0 Å². The minimum atomic E-state index is 0.684. The van der Waals surface area contributed by atoms with E-state index >= 15 is 0 Å². The van der Waals surface area contributed by atoms with E-state index in [9.17, 15) is 0 Å². The Morgan fingerprint density at radius 3 is 2.80 bits per heavy atom. The molecule has 1 N–H and O–H groups in total. The zero-order valence-electron chi connectivity index (χ0n) is 11.9. The second kappa shape index (κ2) is 6.21. The van der Waals surface area contributed by atoms with Crippen molar-refractivity contribution in [1.82, 2.24) is 5.32 Å². The lowest BCUT2D eigenvalue weighted by atomic mass is 9.77. The Hall–Kier alpha value is -1.64. The van der Waals surface area contributed by atoms with Crippen LogP contribution >= 0.6 is 0 Å². The molecule has 0 radical (unpaired) electrons. The first kappa shape index (κ1) is 13.3. The zero-order chi connectivity index (χ0) is 13.8. The molecule has 2 aromatic rings. The van der Waals surface area contributed by atoms with Crippen LogP contribution in [-0.4, -0.2) is 13.7 Å². The Morgan fingerprint density at radius 2 is 1.95 bits per heavy atom. The molecule has 1 atom stereocenters. The number of fused-ring (bicyclic) bond motifs is 1. The lowest BCUT2D eigenvalue weighted by Crippen LogP contribution is -2.28. The standard InChI is InChI=1S/C18H21NO/c1-20-13-15-6-4-5-14(9-15)11-19-12-17-10-16-7-2-3-8-18(16)17/h2-9,17,19H,10-13H2,1H3. The molecule has 1 aliphatic carbocycles. The first-order valence-electron chi connectivity index (χ1n) is 7.22. The molecule has 2 aromatic carbocycles. The third kappa shape index (κ3) is 2.92. The van der Waals surface area contributed by atoms with Gasteiger partial charge >= 0.3 is 0 Å². The van der Waals surface area contributed by atoms with Gasteiger partial charge in [0.1, 0.15) is 0 Å². The van der Waals surface area contributed by atoms with Crippen LogP contribution in [0.2, 0.25) is 0 Å². The summed E-state index contributed by atoms with van der Waals surface area (Å²) in [6.07, 6.45) is 1.22. The monoisotopic (exact) mass is 267 g/mol. The molecule has 2 heteroatoms. The van der Waals surface area contributed by atoms with Gasteiger partial charge in [-0.2, -0.15) is 0 Å². The van der Waals surface area contributed by atoms with Crippen LogP contribution in [0.3, 0.4) is 0 Å². The number of ether oxygens (including phenoxy) is 1. The van der Waals surface area contributed by atoms with E-state index in [1.165, 1.54) is 28.7 Å². The van der Waals surface area contributed by atoms with Crippen molar-refractivity contribution >= 4 is 0 Å². The van der Waals surface area contributed by atoms with Gasteiger partial charge in [0.2, 0.25) is 0 Å². The largest absolute Gasteiger partial charge is 0.380 e. The molecule has 0 bridgehead atoms. The summed E-state index contributed by atoms with van der Waals surface area (Å²) < 4.78 is 5.17. The predicted molar refractivity (Wildman–Crippen MR) is 81.7 cm³/mol. The van der Waals surface area contributed by atoms with Gasteiger partial charge in [-0.3, -0.25) is 0 Å². The van der Waals surface area contributed by atoms with Crippen LogP contribution in [0, 0.1) is 0 Å². The van der Waals surface area contributed by atoms with Crippen LogP contribution < -0.4 is 5.32 Å². The third-order valence-corrected chi connectivity index (χ3v) is 3.98. The number of hydrogen-bond acceptors (Lipinski definition) is 2. The summed E-state index contributed by atoms with van der Waals surface area (Å²) in [7, 11) is 1.74. The van der Waals surface area contributed by atoms with Gasteiger partial charge in [-0.25, -0.2) is 0 Å². The average Bonchev–Trinajstić information content (AvgIpc) is 2.45. The van der Waals surface area contributed by atoms with Gasteiger partial charge < -0.3 is 10.1 Å². The summed E-state index contributed by atoms with van der Waals surface area (Å²) in [5.41, 5.74) is 5.60. The summed E-state index contributed by atoms with van der Waals surface area (Å²) in [6.45, 7) is 2.67. The van der Waals surface area contributed by atoms with Crippen LogP contribution in [0.15, 0.2) is 48.5 Å². The molecule has 0 heterocycles. The molecule has 3 rings (SSSR count). The number of nitrogens with one attached hydrogen (secondary N) is 1. The highest BCUT2D eigenvalue weighted by molar-refractivity contribution is 5.40. The molecule has 1 unspecified atom stereocenters. The second-order valence-electron chi connectivity index (χ2n) is 5.48. The van der Waals surface area contributed by atoms with Crippen molar-refractivity contribution in [2.45, 2.75) is 25.5 Å². The van der Waals surface area contributed by atoms with E-state index in [1.807, 2.05) is 0 Å². The summed E-state index contributed by atoms with van der Waals surface area (Å²) in [6, 6.07) is 17.3. The van der Waals surface area contributed by atoms with E-state index in [-0.39, 0.29) is 0 Å². The van der Waals surface area contributed by atoms with E-state index < -0.39 is 0 Å². The van der Waals surface area contributed by atoms with Gasteiger partial charge in [0, 0.05) is 26.1 Å². The summed E-state index contributed by atoms with van der Waals surface area (Å²) >= 11 is 0. The number of hydrogen-bond donors (Lipinski definition) is 1. The fourth-order valence-corrected chi connectivity index (χ4v) is 2.93. The molecule has 20 heavy (non-hydrogen) atoms. The highest BCUT2D eigenvalue weighted by Gasteiger charge is 2.24. The molecule has 1 aliphatic rings. The Labute approximate surface area is 120 Å². The lowest BCUT2D eigenvalue weighted by Gasteiger charge is -2.30. The Kier molecular flexibility index (Phi) is 4.14. The van der Waals surface area contributed by atoms with Crippen molar-refractivity contribution in [3.8, 4) is 0 Å². The van der Waals surface area contributed by atoms with Gasteiger partial charge in [-0.05, 0) is 28.7 Å². The van der Waals surface area contributed by atoms with Crippen LogP contribution in [0.4, 0.5) is 0 Å². The number of methoxy groups -OCH3 is 1. The fraction of sp³-hybridized carbons (Fsp3) is 0.333. The van der Waals surface area contributed by atoms with Gasteiger partial charge in [0.25, 0.3) is 0 Å². The van der Waals surface area contributed by atoms with Crippen LogP contribution in [0.25, 0.3) is 0 Å². The minimum Gasteiger partial charge on any atom is -0.380 e. The van der Waals surface area contributed by atoms with Crippen molar-refractivity contribution in [3.05, 3.63) is 70.8 Å². The van der Waals surface area contributed by atoms with Crippen molar-refractivity contribution in [2.75, 3.05) is 13.7 Å². The minimum absolute atomic E-state index is 0.684. The quantitative estimate of drug-likeness (QED) is 0.867. The van der Waals surface area contributed by atoms with E-state index in [1.54, 1.807) is 7.11 Å². The van der Waals surface area contributed by atoms with Gasteiger partial charge in [-0.1, -0.05) is 48.5 Å². The van der Waals surface area contributed by atoms with Gasteiger partial charge in [0.05, 0.1) is 6.61 Å². The summed E-state index contributed by atoms with van der Waals surface area (Å²) in [5, 5.41) is 3.57. The molecule has 0 saturated heterocycles. The molecule has 2 nitrogen and oxygen atoms in total. The molecule has 0 saturated carbocycles. The molecule has 0 aliphatic heterocycles. The first-order chi connectivity index (χ1) is 9.86. The molecular weight excluding hydrogens is 246 g/mol. The highest BCUT2D eigenvalue weighted by Crippen LogP contribution is 2.33. The summed E-state index contributed by atoms with van der Waals surface area (Å²) in [4.78, 5) is 0. The Bertz CT molecular complexity index is 579. The van der Waals surface area contributed by atoms with E-state index in [0.717, 1.165) is 13.1 Å². The van der Waals surface area contributed by atoms with Crippen molar-refractivity contribution in [1.29, 1.82) is 0 Å². The second-order valence-corrected chi connectivity index (χ2v) is 5.48. The molecule has 0 fully saturated rings. The maximum Gasteiger partial charge on any atom is 0.0713 e. The maximum atomic E-state index is 5.17. The van der Waals surface area contributed by atoms with Crippen LogP contribution in [0.5, 0.6) is 0 Å². The highest BCUT2D eigenvalue weighted by atomic mass is 16.5. The third-order valence-electron chi connectivity index (χ3n) is 3.98. The molecule has 0 aromatic heterocycles. The van der Waals surface area contributed by atoms with Crippen molar-refractivity contribution < 1.29 is 4.74 Å². The Morgan fingerprint density at radius 1 is 1.10 bits per heavy atom. The predicted octanol–water partition coefficient (Wildman–Crippen LogP) is 3.26. The van der Waals surface area contributed by atoms with E-state index in [4.69, 9.17) is 4.74 Å². The fourth-order valence-electron chi connectivity index (χ4n) is 2.93. The van der Waals surface area contributed by atoms with Gasteiger partial charge in [-0.15, -0.1) is 0 Å². The number of rotatable bonds is 6. The summed E-state index contributed by atoms with van der Waals surface area (Å²) in [5.74, 6) is 0.688. The van der Waals surface area contributed by atoms with Crippen molar-refractivity contribution in [3.63, 3.8) is 0 Å². The lowest BCUT2D eigenvalue weighted by molar-refractivity contribution is 0.185. The maximum absolute atomic E-state index is 5.17. The molecule has 104 valence electrons. The number of benzene rings is 2. The molecule has 0 amide bonds. The topological polar surface area (TPSA) is 21.3 Å². The smallest absolute Gasteiger partial charge is 0.0713 e. The average molecular weight is 267 g/mol. The molecular formula is C18H21NO.